The fraction of sp³-hybridized carbons (Fsp3) is 0.507. The molecule has 4 bridgehead atoms. The number of pyridine rings is 1. The minimum atomic E-state index is -1.17. The number of aromatic carboxylic acids is 1. The van der Waals surface area contributed by atoms with E-state index in [1.54, 1.807) is 50.4 Å². The number of carboxylic acid groups (broad SMARTS) is 1. The molecule has 6 aliphatic rings. The van der Waals surface area contributed by atoms with Crippen LogP contribution in [0.25, 0.3) is 21.3 Å². The number of carbonyl (C=O) groups excluding carboxylic acids is 7. The van der Waals surface area contributed by atoms with Gasteiger partial charge < -0.3 is 66.7 Å². The normalized spacial score (nSPS) is 21.0. The fourth-order valence-electron chi connectivity index (χ4n) is 16.3. The van der Waals surface area contributed by atoms with E-state index in [9.17, 15) is 53.7 Å². The molecule has 6 aromatic rings. The number of aliphatic hydroxyl groups is 2. The quantitative estimate of drug-likeness (QED) is 0.0152. The molecule has 0 radical (unpaired) electrons. The van der Waals surface area contributed by atoms with E-state index in [0.717, 1.165) is 95.5 Å². The highest BCUT2D eigenvalue weighted by Crippen LogP contribution is 2.72. The van der Waals surface area contributed by atoms with Crippen LogP contribution in [0.15, 0.2) is 79.0 Å². The molecule has 6 heterocycles. The molecule has 4 aliphatic carbocycles. The summed E-state index contributed by atoms with van der Waals surface area (Å²) in [7, 11) is 0. The molecule has 4 aromatic heterocycles. The van der Waals surface area contributed by atoms with Gasteiger partial charge in [-0.3, -0.25) is 38.5 Å². The number of nitrogens with one attached hydrogen (secondary N) is 5. The molecule has 538 valence electrons. The number of aromatic nitrogens is 6. The SMILES string of the molecule is Cc1c(Nc2nc3ccccc3s2)nnc2c1CCCN2c1ccc(-c2cnn(CC34CC5(C)CC(C)(C3)CC(OCCN(C(=O)OCc3ccc(NC(=O)[C@H](CCCNC(N)=O)NC(=O)[C@@H](NC(=O)CCOCCN6C(=O)C=CC6=O)C(C)C)cc3)C(CO)CO)(C5)C4)c2C)c(C(=O)O)n1. The maximum atomic E-state index is 14.0. The Morgan fingerprint density at radius 1 is 0.832 bits per heavy atom. The Labute approximate surface area is 588 Å². The average Bonchev–Trinajstić information content (AvgIpc) is 1.11. The summed E-state index contributed by atoms with van der Waals surface area (Å²) in [5, 5.41) is 60.6. The highest BCUT2D eigenvalue weighted by molar-refractivity contribution is 7.22. The number of anilines is 5. The van der Waals surface area contributed by atoms with E-state index in [0.29, 0.717) is 58.1 Å². The van der Waals surface area contributed by atoms with Gasteiger partial charge in [0.15, 0.2) is 22.5 Å². The van der Waals surface area contributed by atoms with Crippen LogP contribution in [0, 0.1) is 36.0 Å². The number of amides is 8. The second-order valence-corrected chi connectivity index (χ2v) is 29.5. The lowest BCUT2D eigenvalue weighted by molar-refractivity contribution is -0.249. The Kier molecular flexibility index (Phi) is 22.2. The maximum Gasteiger partial charge on any atom is 0.410 e. The van der Waals surface area contributed by atoms with Gasteiger partial charge in [-0.2, -0.15) is 5.10 Å². The summed E-state index contributed by atoms with van der Waals surface area (Å²) >= 11 is 1.54. The van der Waals surface area contributed by atoms with Gasteiger partial charge in [0.2, 0.25) is 17.7 Å². The second-order valence-electron chi connectivity index (χ2n) is 28.5. The number of primary amides is 1. The smallest absolute Gasteiger partial charge is 0.410 e. The van der Waals surface area contributed by atoms with Crippen LogP contribution in [-0.4, -0.2) is 186 Å². The van der Waals surface area contributed by atoms with Crippen molar-refractivity contribution in [3.63, 3.8) is 0 Å². The summed E-state index contributed by atoms with van der Waals surface area (Å²) in [6.45, 7) is 12.1. The number of rotatable bonds is 32. The van der Waals surface area contributed by atoms with Crippen molar-refractivity contribution in [2.75, 3.05) is 74.7 Å². The molecule has 2 unspecified atom stereocenters. The van der Waals surface area contributed by atoms with Crippen LogP contribution < -0.4 is 37.2 Å². The molecule has 2 aromatic carbocycles. The van der Waals surface area contributed by atoms with Crippen LogP contribution in [0.5, 0.6) is 0 Å². The molecule has 4 atom stereocenters. The zero-order valence-electron chi connectivity index (χ0n) is 57.7. The summed E-state index contributed by atoms with van der Waals surface area (Å²) in [6.07, 6.45) is 10.2. The average molecular weight is 1410 g/mol. The Morgan fingerprint density at radius 3 is 2.26 bits per heavy atom. The van der Waals surface area contributed by atoms with E-state index in [-0.39, 0.29) is 87.3 Å². The monoisotopic (exact) mass is 1410 g/mol. The lowest BCUT2D eigenvalue weighted by Crippen LogP contribution is -2.64. The third-order valence-corrected chi connectivity index (χ3v) is 20.9. The number of nitrogens with two attached hydrogens (primary N) is 1. The number of thiazole rings is 1. The predicted molar refractivity (Wildman–Crippen MR) is 374 cm³/mol. The number of nitrogens with zero attached hydrogens (tertiary/aromatic N) is 9. The first kappa shape index (κ1) is 72.8. The molecule has 29 nitrogen and oxygen atoms in total. The van der Waals surface area contributed by atoms with Gasteiger partial charge in [0.1, 0.15) is 24.5 Å². The van der Waals surface area contributed by atoms with Crippen LogP contribution in [0.3, 0.4) is 0 Å². The first-order valence-electron chi connectivity index (χ1n) is 34.3. The van der Waals surface area contributed by atoms with Crippen LogP contribution in [0.2, 0.25) is 0 Å². The second kappa shape index (κ2) is 30.8. The van der Waals surface area contributed by atoms with Crippen LogP contribution in [-0.2, 0) is 57.8 Å². The molecule has 4 saturated carbocycles. The number of urea groups is 1. The number of hydrogen-bond acceptors (Lipinski definition) is 21. The van der Waals surface area contributed by atoms with Crippen molar-refractivity contribution in [1.29, 1.82) is 0 Å². The third kappa shape index (κ3) is 16.8. The number of carbonyl (C=O) groups is 8. The Bertz CT molecular complexity index is 4070. The van der Waals surface area contributed by atoms with E-state index in [1.807, 2.05) is 53.8 Å². The Hall–Kier alpha value is -9.49. The summed E-state index contributed by atoms with van der Waals surface area (Å²) in [5.74, 6) is -2.52. The van der Waals surface area contributed by atoms with Crippen molar-refractivity contribution in [3.05, 3.63) is 107 Å². The minimum Gasteiger partial charge on any atom is -0.476 e. The number of fused-ring (bicyclic) bond motifs is 2. The summed E-state index contributed by atoms with van der Waals surface area (Å²) in [4.78, 5) is 117. The molecular weight excluding hydrogens is 1320 g/mol. The number of hydrogen-bond donors (Lipinski definition) is 9. The van der Waals surface area contributed by atoms with E-state index in [2.05, 4.69) is 50.6 Å². The fourth-order valence-corrected chi connectivity index (χ4v) is 17.2. The maximum absolute atomic E-state index is 14.0. The van der Waals surface area contributed by atoms with Crippen LogP contribution in [0.1, 0.15) is 125 Å². The van der Waals surface area contributed by atoms with Gasteiger partial charge >= 0.3 is 18.1 Å². The Balaban J connectivity index is 0.698. The number of carboxylic acids is 1. The predicted octanol–water partition coefficient (Wildman–Crippen LogP) is 6.96. The first-order valence-corrected chi connectivity index (χ1v) is 35.1. The van der Waals surface area contributed by atoms with Gasteiger partial charge in [0.25, 0.3) is 11.8 Å². The topological polar surface area (TPSA) is 390 Å². The van der Waals surface area contributed by atoms with Gasteiger partial charge in [-0.25, -0.2) is 24.4 Å². The first-order chi connectivity index (χ1) is 48.3. The lowest BCUT2D eigenvalue weighted by Gasteiger charge is -2.69. The lowest BCUT2D eigenvalue weighted by atomic mass is 9.39. The number of aliphatic hydroxyl groups excluding tert-OH is 2. The zero-order valence-corrected chi connectivity index (χ0v) is 58.5. The molecule has 2 aliphatic heterocycles. The van der Waals surface area contributed by atoms with Gasteiger partial charge in [-0.05, 0) is 142 Å². The summed E-state index contributed by atoms with van der Waals surface area (Å²) < 4.78 is 21.4. The summed E-state index contributed by atoms with van der Waals surface area (Å²) in [5.41, 5.74) is 9.82. The van der Waals surface area contributed by atoms with E-state index < -0.39 is 90.5 Å². The standard InChI is InChI=1S/C71H89N15O14S/c1-42(2)58(79-55(89)23-28-98-29-26-85-56(90)21-22-57(85)91)63(93)76-52(13-9-24-73-65(72)96)62(92)75-46-17-15-45(16-18-46)34-99-67(97)83(47(32-87)33-88)27-30-100-71-38-68(5)35-69(6,39-71)37-70(36-68,40-71)41-86-44(4)50(31-74-86)49-19-20-54(78-59(49)64(94)95)84-25-10-11-48-43(3)60(81-82-61(48)84)80-66-77-51-12-7-8-14-53(51)101-66/h7-8,12,14-22,31,42,47,52,58,87-88H,9-11,13,23-30,32-41H2,1-6H3,(H,75,92)(H,76,93)(H,79,89)(H,94,95)(H3,72,73,96)(H,77,80,81)/t52-,58-,68?,69?,70?,71?/m0/s1. The zero-order chi connectivity index (χ0) is 72.0. The van der Waals surface area contributed by atoms with E-state index in [1.165, 1.54) is 16.2 Å². The van der Waals surface area contributed by atoms with Gasteiger partial charge in [0, 0.05) is 78.4 Å². The number of ether oxygens (including phenoxy) is 3. The van der Waals surface area contributed by atoms with Crippen molar-refractivity contribution >= 4 is 97.5 Å². The number of para-hydroxylation sites is 1. The number of benzene rings is 2. The molecule has 10 N–H and O–H groups in total. The largest absolute Gasteiger partial charge is 0.476 e. The number of imide groups is 1. The van der Waals surface area contributed by atoms with Crippen molar-refractivity contribution < 1.29 is 67.9 Å². The van der Waals surface area contributed by atoms with E-state index in [4.69, 9.17) is 35.0 Å². The van der Waals surface area contributed by atoms with Gasteiger partial charge in [-0.1, -0.05) is 63.3 Å². The molecule has 0 saturated heterocycles. The van der Waals surface area contributed by atoms with Crippen molar-refractivity contribution in [3.8, 4) is 11.1 Å². The molecule has 12 rings (SSSR count). The molecule has 101 heavy (non-hydrogen) atoms. The van der Waals surface area contributed by atoms with Crippen LogP contribution in [0.4, 0.5) is 37.9 Å². The van der Waals surface area contributed by atoms with Gasteiger partial charge in [0.05, 0.1) is 67.6 Å². The highest BCUT2D eigenvalue weighted by Gasteiger charge is 2.66. The highest BCUT2D eigenvalue weighted by atomic mass is 32.1. The van der Waals surface area contributed by atoms with Crippen molar-refractivity contribution in [1.82, 2.24) is 55.7 Å². The van der Waals surface area contributed by atoms with Crippen molar-refractivity contribution in [2.24, 2.45) is 27.9 Å². The van der Waals surface area contributed by atoms with Gasteiger partial charge in [-0.15, -0.1) is 10.2 Å². The van der Waals surface area contributed by atoms with Crippen LogP contribution >= 0.6 is 11.3 Å². The Morgan fingerprint density at radius 2 is 1.56 bits per heavy atom. The molecule has 0 spiro atoms. The molecule has 8 amide bonds. The third-order valence-electron chi connectivity index (χ3n) is 19.9. The molecule has 4 fully saturated rings. The minimum absolute atomic E-state index is 0.00229. The molecule has 30 heteroatoms. The summed E-state index contributed by atoms with van der Waals surface area (Å²) in [6, 6.07) is 14.1. The van der Waals surface area contributed by atoms with Crippen molar-refractivity contribution in [2.45, 2.75) is 149 Å². The molecular formula is C71H89N15O14S. The van der Waals surface area contributed by atoms with E-state index >= 15 is 0 Å².